The van der Waals surface area contributed by atoms with Crippen LogP contribution in [0.3, 0.4) is 0 Å². The molecular weight excluding hydrogens is 236 g/mol. The highest BCUT2D eigenvalue weighted by Gasteiger charge is 2.23. The second-order valence-electron chi connectivity index (χ2n) is 5.48. The average molecular weight is 262 g/mol. The van der Waals surface area contributed by atoms with Crippen LogP contribution in [0.1, 0.15) is 53.9 Å². The van der Waals surface area contributed by atoms with Gasteiger partial charge < -0.3 is 9.84 Å². The van der Waals surface area contributed by atoms with Crippen LogP contribution in [0.5, 0.6) is 0 Å². The highest BCUT2D eigenvalue weighted by atomic mass is 17.2. The molecule has 0 saturated heterocycles. The highest BCUT2D eigenvalue weighted by Crippen LogP contribution is 2.19. The topological polar surface area (TPSA) is 65.0 Å². The summed E-state index contributed by atoms with van der Waals surface area (Å²) in [5.74, 6) is 0.0170. The normalized spacial score (nSPS) is 15.2. The molecule has 0 radical (unpaired) electrons. The third-order valence-electron chi connectivity index (χ3n) is 2.46. The van der Waals surface area contributed by atoms with Crippen molar-refractivity contribution >= 4 is 6.16 Å². The number of hydrogen-bond acceptors (Lipinski definition) is 4. The molecule has 0 aliphatic heterocycles. The van der Waals surface area contributed by atoms with E-state index in [9.17, 15) is 4.79 Å². The lowest BCUT2D eigenvalue weighted by atomic mass is 9.98. The predicted octanol–water partition coefficient (Wildman–Crippen LogP) is 3.62. The number of ether oxygens (including phenoxy) is 1. The van der Waals surface area contributed by atoms with Crippen LogP contribution in [0.25, 0.3) is 0 Å². The summed E-state index contributed by atoms with van der Waals surface area (Å²) in [6, 6.07) is 0. The van der Waals surface area contributed by atoms with Gasteiger partial charge in [-0.15, -0.1) is 0 Å². The maximum atomic E-state index is 10.4. The maximum Gasteiger partial charge on any atom is 0.505 e. The Bertz CT molecular complexity index is 234. The summed E-state index contributed by atoms with van der Waals surface area (Å²) in [4.78, 5) is 21.0. The van der Waals surface area contributed by atoms with Crippen molar-refractivity contribution in [2.24, 2.45) is 5.92 Å². The van der Waals surface area contributed by atoms with Gasteiger partial charge in [0.15, 0.2) is 0 Å². The molecule has 108 valence electrons. The zero-order valence-corrected chi connectivity index (χ0v) is 12.1. The predicted molar refractivity (Wildman–Crippen MR) is 68.4 cm³/mol. The van der Waals surface area contributed by atoms with Crippen LogP contribution in [0.4, 0.5) is 4.79 Å². The Morgan fingerprint density at radius 2 is 1.94 bits per heavy atom. The molecule has 5 nitrogen and oxygen atoms in total. The van der Waals surface area contributed by atoms with E-state index >= 15 is 0 Å². The number of hydrogen-bond donors (Lipinski definition) is 1. The lowest BCUT2D eigenvalue weighted by Gasteiger charge is -2.26. The van der Waals surface area contributed by atoms with Crippen LogP contribution in [-0.2, 0) is 14.5 Å². The fraction of sp³-hybridized carbons (Fsp3) is 0.923. The molecule has 0 aromatic rings. The highest BCUT2D eigenvalue weighted by molar-refractivity contribution is 5.56. The van der Waals surface area contributed by atoms with E-state index in [-0.39, 0.29) is 24.2 Å². The van der Waals surface area contributed by atoms with Crippen LogP contribution in [-0.4, -0.2) is 29.6 Å². The molecule has 5 heteroatoms. The van der Waals surface area contributed by atoms with E-state index in [1.807, 2.05) is 27.7 Å². The Morgan fingerprint density at radius 3 is 2.39 bits per heavy atom. The molecule has 18 heavy (non-hydrogen) atoms. The summed E-state index contributed by atoms with van der Waals surface area (Å²) < 4.78 is 4.64. The number of rotatable bonds is 8. The van der Waals surface area contributed by atoms with Crippen LogP contribution in [0.2, 0.25) is 0 Å². The summed E-state index contributed by atoms with van der Waals surface area (Å²) in [7, 11) is 0. The van der Waals surface area contributed by atoms with E-state index in [0.717, 1.165) is 19.3 Å². The van der Waals surface area contributed by atoms with Crippen molar-refractivity contribution in [2.75, 3.05) is 6.61 Å². The van der Waals surface area contributed by atoms with Gasteiger partial charge in [-0.2, -0.15) is 0 Å². The van der Waals surface area contributed by atoms with Crippen LogP contribution >= 0.6 is 0 Å². The fourth-order valence-corrected chi connectivity index (χ4v) is 1.40. The van der Waals surface area contributed by atoms with Gasteiger partial charge in [-0.1, -0.05) is 19.8 Å². The van der Waals surface area contributed by atoms with Gasteiger partial charge in [-0.25, -0.2) is 14.6 Å². The Balaban J connectivity index is 4.20. The van der Waals surface area contributed by atoms with E-state index in [2.05, 4.69) is 11.7 Å². The molecule has 0 amide bonds. The lowest BCUT2D eigenvalue weighted by Crippen LogP contribution is -2.30. The zero-order chi connectivity index (χ0) is 14.2. The van der Waals surface area contributed by atoms with E-state index in [4.69, 9.17) is 14.9 Å². The Morgan fingerprint density at radius 1 is 1.33 bits per heavy atom. The molecule has 0 aliphatic carbocycles. The summed E-state index contributed by atoms with van der Waals surface area (Å²) in [5, 5.41) is 8.53. The van der Waals surface area contributed by atoms with Crippen molar-refractivity contribution in [1.82, 2.24) is 0 Å². The van der Waals surface area contributed by atoms with Gasteiger partial charge in [0.2, 0.25) is 0 Å². The summed E-state index contributed by atoms with van der Waals surface area (Å²) in [5.41, 5.74) is -0.378. The Labute approximate surface area is 109 Å². The SMILES string of the molecule is CCCCC(COC(=O)O)C(C)OOC(C)(C)C. The Kier molecular flexibility index (Phi) is 7.95. The fourth-order valence-electron chi connectivity index (χ4n) is 1.40. The molecule has 0 spiro atoms. The van der Waals surface area contributed by atoms with Gasteiger partial charge in [-0.05, 0) is 34.1 Å². The lowest BCUT2D eigenvalue weighted by molar-refractivity contribution is -0.378. The second kappa shape index (κ2) is 8.32. The third kappa shape index (κ3) is 9.24. The maximum absolute atomic E-state index is 10.4. The molecule has 0 aliphatic rings. The Hall–Kier alpha value is -0.810. The summed E-state index contributed by atoms with van der Waals surface area (Å²) >= 11 is 0. The summed E-state index contributed by atoms with van der Waals surface area (Å²) in [6.45, 7) is 9.80. The largest absolute Gasteiger partial charge is 0.505 e. The minimum atomic E-state index is -1.25. The number of carbonyl (C=O) groups is 1. The van der Waals surface area contributed by atoms with E-state index in [0.29, 0.717) is 0 Å². The molecule has 0 aromatic carbocycles. The monoisotopic (exact) mass is 262 g/mol. The van der Waals surface area contributed by atoms with E-state index < -0.39 is 6.16 Å². The molecule has 1 N–H and O–H groups in total. The molecule has 0 saturated carbocycles. The molecule has 0 fully saturated rings. The van der Waals surface area contributed by atoms with Gasteiger partial charge >= 0.3 is 6.16 Å². The van der Waals surface area contributed by atoms with Gasteiger partial charge in [-0.3, -0.25) is 0 Å². The van der Waals surface area contributed by atoms with Crippen LogP contribution in [0.15, 0.2) is 0 Å². The quantitative estimate of drug-likeness (QED) is 0.411. The van der Waals surface area contributed by atoms with Crippen molar-refractivity contribution in [1.29, 1.82) is 0 Å². The van der Waals surface area contributed by atoms with E-state index in [1.165, 1.54) is 0 Å². The van der Waals surface area contributed by atoms with Crippen molar-refractivity contribution in [2.45, 2.75) is 65.6 Å². The molecular formula is C13H26O5. The van der Waals surface area contributed by atoms with Crippen LogP contribution in [0, 0.1) is 5.92 Å². The average Bonchev–Trinajstić information content (AvgIpc) is 2.24. The van der Waals surface area contributed by atoms with Crippen molar-refractivity contribution in [3.63, 3.8) is 0 Å². The first-order valence-electron chi connectivity index (χ1n) is 6.46. The zero-order valence-electron chi connectivity index (χ0n) is 12.1. The van der Waals surface area contributed by atoms with Gasteiger partial charge in [0, 0.05) is 5.92 Å². The van der Waals surface area contributed by atoms with Crippen LogP contribution < -0.4 is 0 Å². The second-order valence-corrected chi connectivity index (χ2v) is 5.48. The summed E-state index contributed by atoms with van der Waals surface area (Å²) in [6.07, 6.45) is 1.47. The third-order valence-corrected chi connectivity index (χ3v) is 2.46. The number of carboxylic acid groups (broad SMARTS) is 1. The first-order chi connectivity index (χ1) is 8.26. The standard InChI is InChI=1S/C13H26O5/c1-6-7-8-11(9-16-12(14)15)10(2)17-18-13(3,4)5/h10-11H,6-9H2,1-5H3,(H,14,15). The molecule has 0 heterocycles. The molecule has 0 aromatic heterocycles. The smallest absolute Gasteiger partial charge is 0.450 e. The van der Waals surface area contributed by atoms with Gasteiger partial charge in [0.25, 0.3) is 0 Å². The minimum absolute atomic E-state index is 0.0170. The van der Waals surface area contributed by atoms with Gasteiger partial charge in [0.05, 0.1) is 11.7 Å². The minimum Gasteiger partial charge on any atom is -0.450 e. The van der Waals surface area contributed by atoms with E-state index in [1.54, 1.807) is 0 Å². The molecule has 2 unspecified atom stereocenters. The first-order valence-corrected chi connectivity index (χ1v) is 6.46. The van der Waals surface area contributed by atoms with Gasteiger partial charge in [0.1, 0.15) is 6.61 Å². The van der Waals surface area contributed by atoms with Crippen molar-refractivity contribution < 1.29 is 24.4 Å². The number of unbranched alkanes of at least 4 members (excludes halogenated alkanes) is 1. The molecule has 0 bridgehead atoms. The van der Waals surface area contributed by atoms with Crippen molar-refractivity contribution in [3.05, 3.63) is 0 Å². The molecule has 2 atom stereocenters. The van der Waals surface area contributed by atoms with Crippen molar-refractivity contribution in [3.8, 4) is 0 Å². The first kappa shape index (κ1) is 17.2. The molecule has 0 rings (SSSR count).